The van der Waals surface area contributed by atoms with E-state index in [1.54, 1.807) is 0 Å². The first-order chi connectivity index (χ1) is 9.46. The number of ether oxygens (including phenoxy) is 2. The number of esters is 2. The standard InChI is InChI=1S/C16H22O4/c1-10(2)12-7-5-6-11-8-16(9-13(11)12,14(17)19-3)15(18)20-4/h5-6,11,13H,7-9H2,1-4H3/t11-,13-/m0/s1. The third-order valence-electron chi connectivity index (χ3n) is 4.63. The van der Waals surface area contributed by atoms with Gasteiger partial charge in [-0.05, 0) is 44.9 Å². The summed E-state index contributed by atoms with van der Waals surface area (Å²) >= 11 is 0. The van der Waals surface area contributed by atoms with Crippen molar-refractivity contribution in [3.05, 3.63) is 23.3 Å². The predicted molar refractivity (Wildman–Crippen MR) is 74.8 cm³/mol. The lowest BCUT2D eigenvalue weighted by Gasteiger charge is -2.25. The monoisotopic (exact) mass is 278 g/mol. The molecule has 2 aliphatic rings. The van der Waals surface area contributed by atoms with E-state index in [9.17, 15) is 9.59 Å². The molecule has 0 unspecified atom stereocenters. The highest BCUT2D eigenvalue weighted by molar-refractivity contribution is 6.00. The summed E-state index contributed by atoms with van der Waals surface area (Å²) in [6.07, 6.45) is 6.13. The molecule has 0 aliphatic heterocycles. The topological polar surface area (TPSA) is 52.6 Å². The molecule has 1 saturated carbocycles. The maximum atomic E-state index is 12.2. The minimum Gasteiger partial charge on any atom is -0.468 e. The van der Waals surface area contributed by atoms with Crippen molar-refractivity contribution in [2.75, 3.05) is 14.2 Å². The van der Waals surface area contributed by atoms with Crippen LogP contribution in [0.25, 0.3) is 0 Å². The van der Waals surface area contributed by atoms with Gasteiger partial charge in [-0.25, -0.2) is 0 Å². The van der Waals surface area contributed by atoms with Crippen LogP contribution in [0.5, 0.6) is 0 Å². The Morgan fingerprint density at radius 1 is 1.15 bits per heavy atom. The quantitative estimate of drug-likeness (QED) is 0.442. The normalized spacial score (nSPS) is 26.9. The number of hydrogen-bond donors (Lipinski definition) is 0. The highest BCUT2D eigenvalue weighted by Gasteiger charge is 2.57. The number of carbonyl (C=O) groups is 2. The zero-order chi connectivity index (χ0) is 14.9. The summed E-state index contributed by atoms with van der Waals surface area (Å²) < 4.78 is 9.76. The molecular weight excluding hydrogens is 256 g/mol. The fraction of sp³-hybridized carbons (Fsp3) is 0.625. The van der Waals surface area contributed by atoms with Crippen LogP contribution in [0.3, 0.4) is 0 Å². The Labute approximate surface area is 119 Å². The number of hydrogen-bond acceptors (Lipinski definition) is 4. The Morgan fingerprint density at radius 3 is 2.25 bits per heavy atom. The Morgan fingerprint density at radius 2 is 1.75 bits per heavy atom. The van der Waals surface area contributed by atoms with Crippen molar-refractivity contribution in [3.63, 3.8) is 0 Å². The summed E-state index contributed by atoms with van der Waals surface area (Å²) in [4.78, 5) is 24.4. The Kier molecular flexibility index (Phi) is 4.02. The summed E-state index contributed by atoms with van der Waals surface area (Å²) in [5.74, 6) is -0.490. The van der Waals surface area contributed by atoms with Gasteiger partial charge in [0.1, 0.15) is 0 Å². The minimum atomic E-state index is -1.14. The third-order valence-corrected chi connectivity index (χ3v) is 4.63. The van der Waals surface area contributed by atoms with E-state index in [4.69, 9.17) is 9.47 Å². The number of fused-ring (bicyclic) bond motifs is 1. The van der Waals surface area contributed by atoms with Gasteiger partial charge >= 0.3 is 11.9 Å². The maximum absolute atomic E-state index is 12.2. The van der Waals surface area contributed by atoms with Crippen LogP contribution in [0.2, 0.25) is 0 Å². The second-order valence-electron chi connectivity index (χ2n) is 5.90. The lowest BCUT2D eigenvalue weighted by Crippen LogP contribution is -2.39. The van der Waals surface area contributed by atoms with E-state index in [-0.39, 0.29) is 11.8 Å². The Bertz CT molecular complexity index is 467. The number of rotatable bonds is 2. The molecule has 4 nitrogen and oxygen atoms in total. The summed E-state index contributed by atoms with van der Waals surface area (Å²) in [6, 6.07) is 0. The smallest absolute Gasteiger partial charge is 0.323 e. The van der Waals surface area contributed by atoms with E-state index >= 15 is 0 Å². The SMILES string of the molecule is COC(=O)C1(C(=O)OC)C[C@@H]2C(=C(C)C)CC=C[C@H]2C1. The van der Waals surface area contributed by atoms with Crippen LogP contribution in [-0.2, 0) is 19.1 Å². The molecule has 2 atom stereocenters. The summed E-state index contributed by atoms with van der Waals surface area (Å²) in [5.41, 5.74) is 1.47. The van der Waals surface area contributed by atoms with E-state index in [1.807, 2.05) is 0 Å². The summed E-state index contributed by atoms with van der Waals surface area (Å²) in [7, 11) is 2.65. The fourth-order valence-electron chi connectivity index (χ4n) is 3.64. The lowest BCUT2D eigenvalue weighted by molar-refractivity contribution is -0.168. The van der Waals surface area contributed by atoms with E-state index < -0.39 is 17.4 Å². The van der Waals surface area contributed by atoms with Gasteiger partial charge < -0.3 is 9.47 Å². The van der Waals surface area contributed by atoms with Gasteiger partial charge in [-0.15, -0.1) is 0 Å². The molecule has 110 valence electrons. The molecule has 0 aromatic rings. The highest BCUT2D eigenvalue weighted by atomic mass is 16.5. The van der Waals surface area contributed by atoms with Crippen molar-refractivity contribution >= 4 is 11.9 Å². The van der Waals surface area contributed by atoms with E-state index in [1.165, 1.54) is 25.4 Å². The lowest BCUT2D eigenvalue weighted by atomic mass is 9.80. The van der Waals surface area contributed by atoms with Crippen molar-refractivity contribution < 1.29 is 19.1 Å². The molecule has 0 saturated heterocycles. The molecule has 0 amide bonds. The third kappa shape index (κ3) is 2.17. The van der Waals surface area contributed by atoms with Crippen molar-refractivity contribution in [2.45, 2.75) is 33.1 Å². The van der Waals surface area contributed by atoms with Gasteiger partial charge in [-0.1, -0.05) is 23.3 Å². The van der Waals surface area contributed by atoms with Crippen LogP contribution < -0.4 is 0 Å². The first-order valence-electron chi connectivity index (χ1n) is 6.96. The molecule has 0 aromatic carbocycles. The van der Waals surface area contributed by atoms with Crippen LogP contribution >= 0.6 is 0 Å². The number of allylic oxidation sites excluding steroid dienone is 4. The molecule has 2 aliphatic carbocycles. The molecular formula is C16H22O4. The molecule has 20 heavy (non-hydrogen) atoms. The van der Waals surface area contributed by atoms with E-state index in [2.05, 4.69) is 26.0 Å². The van der Waals surface area contributed by atoms with Gasteiger partial charge in [0.05, 0.1) is 14.2 Å². The highest BCUT2D eigenvalue weighted by Crippen LogP contribution is 2.53. The van der Waals surface area contributed by atoms with Gasteiger partial charge in [-0.3, -0.25) is 9.59 Å². The van der Waals surface area contributed by atoms with Crippen molar-refractivity contribution in [3.8, 4) is 0 Å². The first-order valence-corrected chi connectivity index (χ1v) is 6.96. The van der Waals surface area contributed by atoms with Gasteiger partial charge in [0.25, 0.3) is 0 Å². The molecule has 0 spiro atoms. The number of carbonyl (C=O) groups excluding carboxylic acids is 2. The predicted octanol–water partition coefficient (Wildman–Crippen LogP) is 2.64. The zero-order valence-electron chi connectivity index (χ0n) is 12.6. The summed E-state index contributed by atoms with van der Waals surface area (Å²) in [5, 5.41) is 0. The molecule has 0 aromatic heterocycles. The van der Waals surface area contributed by atoms with Crippen molar-refractivity contribution in [1.82, 2.24) is 0 Å². The largest absolute Gasteiger partial charge is 0.468 e. The molecule has 0 heterocycles. The number of methoxy groups -OCH3 is 2. The Hall–Kier alpha value is -1.58. The van der Waals surface area contributed by atoms with Crippen LogP contribution in [0.1, 0.15) is 33.1 Å². The Balaban J connectivity index is 2.41. The average molecular weight is 278 g/mol. The van der Waals surface area contributed by atoms with Crippen LogP contribution in [0.4, 0.5) is 0 Å². The van der Waals surface area contributed by atoms with Crippen molar-refractivity contribution in [2.24, 2.45) is 17.3 Å². The molecule has 2 rings (SSSR count). The van der Waals surface area contributed by atoms with E-state index in [0.717, 1.165) is 6.42 Å². The molecule has 0 N–H and O–H groups in total. The second-order valence-corrected chi connectivity index (χ2v) is 5.90. The second kappa shape index (κ2) is 5.43. The molecule has 0 bridgehead atoms. The van der Waals surface area contributed by atoms with Gasteiger partial charge in [0, 0.05) is 0 Å². The minimum absolute atomic E-state index is 0.215. The average Bonchev–Trinajstić information content (AvgIpc) is 2.85. The first kappa shape index (κ1) is 14.8. The molecule has 0 radical (unpaired) electrons. The molecule has 4 heteroatoms. The van der Waals surface area contributed by atoms with Crippen LogP contribution in [0.15, 0.2) is 23.3 Å². The van der Waals surface area contributed by atoms with Gasteiger partial charge in [-0.2, -0.15) is 0 Å². The zero-order valence-corrected chi connectivity index (χ0v) is 12.6. The van der Waals surface area contributed by atoms with Crippen LogP contribution in [0, 0.1) is 17.3 Å². The fourth-order valence-corrected chi connectivity index (χ4v) is 3.64. The van der Waals surface area contributed by atoms with Gasteiger partial charge in [0.15, 0.2) is 5.41 Å². The molecule has 1 fully saturated rings. The van der Waals surface area contributed by atoms with Crippen LogP contribution in [-0.4, -0.2) is 26.2 Å². The van der Waals surface area contributed by atoms with Gasteiger partial charge in [0.2, 0.25) is 0 Å². The maximum Gasteiger partial charge on any atom is 0.323 e. The summed E-state index contributed by atoms with van der Waals surface area (Å²) in [6.45, 7) is 4.17. The van der Waals surface area contributed by atoms with Crippen molar-refractivity contribution in [1.29, 1.82) is 0 Å². The van der Waals surface area contributed by atoms with E-state index in [0.29, 0.717) is 12.8 Å².